The molecule has 2 heterocycles. The first-order chi connectivity index (χ1) is 14.2. The van der Waals surface area contributed by atoms with E-state index in [2.05, 4.69) is 20.0 Å². The Balaban J connectivity index is 1.59. The van der Waals surface area contributed by atoms with Gasteiger partial charge in [0.2, 0.25) is 10.0 Å². The lowest BCUT2D eigenvalue weighted by Gasteiger charge is -2.08. The van der Waals surface area contributed by atoms with Crippen molar-refractivity contribution in [2.45, 2.75) is 31.8 Å². The summed E-state index contributed by atoms with van der Waals surface area (Å²) < 4.78 is 40.2. The highest BCUT2D eigenvalue weighted by molar-refractivity contribution is 7.89. The molecule has 2 aromatic heterocycles. The molecule has 3 rings (SSSR count). The highest BCUT2D eigenvalue weighted by atomic mass is 35.5. The molecule has 0 aliphatic carbocycles. The second kappa shape index (κ2) is 9.17. The van der Waals surface area contributed by atoms with E-state index in [4.69, 9.17) is 11.6 Å². The fourth-order valence-corrected chi connectivity index (χ4v) is 4.72. The van der Waals surface area contributed by atoms with Gasteiger partial charge in [-0.25, -0.2) is 22.5 Å². The van der Waals surface area contributed by atoms with Gasteiger partial charge >= 0.3 is 0 Å². The van der Waals surface area contributed by atoms with Crippen LogP contribution in [-0.2, 0) is 23.1 Å². The number of hydrogen-bond donors (Lipinski definition) is 2. The van der Waals surface area contributed by atoms with E-state index in [0.717, 1.165) is 33.8 Å². The maximum absolute atomic E-state index is 13.2. The zero-order valence-corrected chi connectivity index (χ0v) is 18.5. The monoisotopic (exact) mass is 468 g/mol. The van der Waals surface area contributed by atoms with E-state index in [1.54, 1.807) is 6.07 Å². The lowest BCUT2D eigenvalue weighted by molar-refractivity contribution is 0.0946. The number of benzene rings is 1. The van der Waals surface area contributed by atoms with Crippen LogP contribution in [0.25, 0.3) is 0 Å². The second-order valence-electron chi connectivity index (χ2n) is 6.38. The summed E-state index contributed by atoms with van der Waals surface area (Å²) in [4.78, 5) is 21.5. The van der Waals surface area contributed by atoms with Crippen LogP contribution in [0.1, 0.15) is 31.6 Å². The van der Waals surface area contributed by atoms with Gasteiger partial charge in [0.1, 0.15) is 11.5 Å². The summed E-state index contributed by atoms with van der Waals surface area (Å²) in [6.07, 6.45) is 1.41. The standard InChI is InChI=1S/C19H18ClFN4O3S2/c1-11-18(29-12(2)25-11)10-23-19(26)17-6-3-13(8-22-17)9-24-30(27,28)14-4-5-16(21)15(20)7-14/h3-8,24H,9-10H2,1-2H3,(H,23,26). The summed E-state index contributed by atoms with van der Waals surface area (Å²) in [5.74, 6) is -1.04. The molecular formula is C19H18ClFN4O3S2. The summed E-state index contributed by atoms with van der Waals surface area (Å²) in [5, 5.41) is 3.45. The van der Waals surface area contributed by atoms with Crippen molar-refractivity contribution in [3.63, 3.8) is 0 Å². The molecule has 30 heavy (non-hydrogen) atoms. The molecule has 0 aliphatic heterocycles. The molecule has 0 saturated carbocycles. The zero-order chi connectivity index (χ0) is 21.9. The first-order valence-electron chi connectivity index (χ1n) is 8.76. The van der Waals surface area contributed by atoms with E-state index in [1.165, 1.54) is 23.6 Å². The van der Waals surface area contributed by atoms with Gasteiger partial charge in [0.05, 0.1) is 27.2 Å². The van der Waals surface area contributed by atoms with Gasteiger partial charge in [-0.15, -0.1) is 11.3 Å². The molecular weight excluding hydrogens is 451 g/mol. The molecule has 7 nitrogen and oxygen atoms in total. The minimum absolute atomic E-state index is 0.0500. The third-order valence-corrected chi connectivity index (χ3v) is 6.90. The third kappa shape index (κ3) is 5.39. The number of pyridine rings is 1. The number of carbonyl (C=O) groups is 1. The Morgan fingerprint density at radius 2 is 1.97 bits per heavy atom. The van der Waals surface area contributed by atoms with Crippen molar-refractivity contribution in [3.8, 4) is 0 Å². The fraction of sp³-hybridized carbons (Fsp3) is 0.211. The molecule has 0 saturated heterocycles. The van der Waals surface area contributed by atoms with Crippen molar-refractivity contribution in [1.82, 2.24) is 20.0 Å². The Morgan fingerprint density at radius 3 is 2.57 bits per heavy atom. The lowest BCUT2D eigenvalue weighted by atomic mass is 10.2. The Bertz CT molecular complexity index is 1180. The van der Waals surface area contributed by atoms with E-state index < -0.39 is 15.8 Å². The van der Waals surface area contributed by atoms with Gasteiger partial charge in [-0.1, -0.05) is 17.7 Å². The summed E-state index contributed by atoms with van der Waals surface area (Å²) in [6.45, 7) is 4.10. The maximum Gasteiger partial charge on any atom is 0.270 e. The largest absolute Gasteiger partial charge is 0.346 e. The molecule has 2 N–H and O–H groups in total. The fourth-order valence-electron chi connectivity index (χ4n) is 2.56. The van der Waals surface area contributed by atoms with Gasteiger partial charge in [0.25, 0.3) is 5.91 Å². The Kier molecular flexibility index (Phi) is 6.81. The van der Waals surface area contributed by atoms with Crippen LogP contribution in [0.2, 0.25) is 5.02 Å². The van der Waals surface area contributed by atoms with Crippen molar-refractivity contribution >= 4 is 38.9 Å². The summed E-state index contributed by atoms with van der Waals surface area (Å²) in [6, 6.07) is 6.27. The average molecular weight is 469 g/mol. The molecule has 1 aromatic carbocycles. The van der Waals surface area contributed by atoms with Gasteiger partial charge in [-0.2, -0.15) is 0 Å². The van der Waals surface area contributed by atoms with Crippen LogP contribution in [0.4, 0.5) is 4.39 Å². The minimum atomic E-state index is -3.88. The molecule has 3 aromatic rings. The zero-order valence-electron chi connectivity index (χ0n) is 16.1. The number of rotatable bonds is 7. The number of carbonyl (C=O) groups excluding carboxylic acids is 1. The number of amides is 1. The predicted octanol–water partition coefficient (Wildman–Crippen LogP) is 3.36. The lowest BCUT2D eigenvalue weighted by Crippen LogP contribution is -2.25. The molecule has 0 unspecified atom stereocenters. The third-order valence-electron chi connectivity index (χ3n) is 4.13. The molecule has 0 fully saturated rings. The molecule has 0 radical (unpaired) electrons. The van der Waals surface area contributed by atoms with Crippen LogP contribution in [0.15, 0.2) is 41.4 Å². The van der Waals surface area contributed by atoms with E-state index in [1.807, 2.05) is 13.8 Å². The predicted molar refractivity (Wildman–Crippen MR) is 112 cm³/mol. The maximum atomic E-state index is 13.2. The SMILES string of the molecule is Cc1nc(C)c(CNC(=O)c2ccc(CNS(=O)(=O)c3ccc(F)c(Cl)c3)cn2)s1. The Labute approximate surface area is 182 Å². The molecule has 158 valence electrons. The van der Waals surface area contributed by atoms with Crippen LogP contribution in [0, 0.1) is 19.7 Å². The van der Waals surface area contributed by atoms with Crippen molar-refractivity contribution < 1.29 is 17.6 Å². The van der Waals surface area contributed by atoms with E-state index in [-0.39, 0.29) is 28.1 Å². The molecule has 0 spiro atoms. The number of sulfonamides is 1. The molecule has 11 heteroatoms. The minimum Gasteiger partial charge on any atom is -0.346 e. The Morgan fingerprint density at radius 1 is 1.20 bits per heavy atom. The van der Waals surface area contributed by atoms with E-state index in [0.29, 0.717) is 12.1 Å². The summed E-state index contributed by atoms with van der Waals surface area (Å²) in [5.41, 5.74) is 1.65. The van der Waals surface area contributed by atoms with Crippen LogP contribution in [0.5, 0.6) is 0 Å². The number of halogens is 2. The van der Waals surface area contributed by atoms with Gasteiger partial charge < -0.3 is 5.32 Å². The number of aryl methyl sites for hydroxylation is 2. The first kappa shape index (κ1) is 22.3. The number of aromatic nitrogens is 2. The van der Waals surface area contributed by atoms with Crippen LogP contribution >= 0.6 is 22.9 Å². The van der Waals surface area contributed by atoms with Gasteiger partial charge in [0.15, 0.2) is 0 Å². The van der Waals surface area contributed by atoms with Crippen molar-refractivity contribution in [1.29, 1.82) is 0 Å². The molecule has 0 bridgehead atoms. The van der Waals surface area contributed by atoms with Crippen molar-refractivity contribution in [2.24, 2.45) is 0 Å². The molecule has 0 aliphatic rings. The van der Waals surface area contributed by atoms with E-state index in [9.17, 15) is 17.6 Å². The smallest absolute Gasteiger partial charge is 0.270 e. The molecule has 0 atom stereocenters. The van der Waals surface area contributed by atoms with Crippen molar-refractivity contribution in [2.75, 3.05) is 0 Å². The topological polar surface area (TPSA) is 101 Å². The van der Waals surface area contributed by atoms with E-state index >= 15 is 0 Å². The number of thiazole rings is 1. The summed E-state index contributed by atoms with van der Waals surface area (Å²) >= 11 is 7.16. The first-order valence-corrected chi connectivity index (χ1v) is 11.4. The average Bonchev–Trinajstić information content (AvgIpc) is 3.04. The van der Waals surface area contributed by atoms with Gasteiger partial charge in [-0.05, 0) is 43.7 Å². The number of hydrogen-bond acceptors (Lipinski definition) is 6. The Hall–Kier alpha value is -2.40. The highest BCUT2D eigenvalue weighted by Gasteiger charge is 2.16. The highest BCUT2D eigenvalue weighted by Crippen LogP contribution is 2.19. The normalized spacial score (nSPS) is 11.5. The van der Waals surface area contributed by atoms with Crippen LogP contribution < -0.4 is 10.0 Å². The van der Waals surface area contributed by atoms with Crippen LogP contribution in [0.3, 0.4) is 0 Å². The van der Waals surface area contributed by atoms with Crippen molar-refractivity contribution in [3.05, 3.63) is 74.2 Å². The molecule has 1 amide bonds. The second-order valence-corrected chi connectivity index (χ2v) is 9.84. The number of nitrogens with one attached hydrogen (secondary N) is 2. The van der Waals surface area contributed by atoms with Gasteiger partial charge in [-0.3, -0.25) is 9.78 Å². The van der Waals surface area contributed by atoms with Crippen LogP contribution in [-0.4, -0.2) is 24.3 Å². The summed E-state index contributed by atoms with van der Waals surface area (Å²) in [7, 11) is -3.88. The van der Waals surface area contributed by atoms with Gasteiger partial charge in [0, 0.05) is 17.6 Å². The quantitative estimate of drug-likeness (QED) is 0.553. The number of nitrogens with zero attached hydrogens (tertiary/aromatic N) is 2.